The van der Waals surface area contributed by atoms with Gasteiger partial charge < -0.3 is 14.8 Å². The van der Waals surface area contributed by atoms with Crippen LogP contribution in [-0.4, -0.2) is 30.8 Å². The number of alkyl carbamates (subject to hydrolysis) is 1. The van der Waals surface area contributed by atoms with E-state index in [1.54, 1.807) is 0 Å². The molecule has 1 amide bonds. The first-order valence-electron chi connectivity index (χ1n) is 7.18. The smallest absolute Gasteiger partial charge is 0.407 e. The predicted molar refractivity (Wildman–Crippen MR) is 76.3 cm³/mol. The second-order valence-electron chi connectivity index (χ2n) is 6.89. The molecule has 0 heterocycles. The van der Waals surface area contributed by atoms with E-state index < -0.39 is 17.1 Å². The largest absolute Gasteiger partial charge is 0.469 e. The Labute approximate surface area is 121 Å². The molecule has 0 spiro atoms. The topological polar surface area (TPSA) is 64.6 Å². The number of esters is 1. The summed E-state index contributed by atoms with van der Waals surface area (Å²) in [4.78, 5) is 23.9. The normalized spacial score (nSPS) is 26.4. The lowest BCUT2D eigenvalue weighted by atomic mass is 9.75. The third-order valence-corrected chi connectivity index (χ3v) is 3.97. The maximum atomic E-state index is 12.1. The lowest BCUT2D eigenvalue weighted by Crippen LogP contribution is -2.41. The highest BCUT2D eigenvalue weighted by atomic mass is 16.6. The van der Waals surface area contributed by atoms with Crippen LogP contribution < -0.4 is 5.32 Å². The summed E-state index contributed by atoms with van der Waals surface area (Å²) in [6.07, 6.45) is 1.69. The zero-order valence-corrected chi connectivity index (χ0v) is 13.4. The summed E-state index contributed by atoms with van der Waals surface area (Å²) < 4.78 is 10.2. The van der Waals surface area contributed by atoms with Crippen molar-refractivity contribution in [1.82, 2.24) is 5.32 Å². The zero-order valence-electron chi connectivity index (χ0n) is 13.4. The molecule has 0 radical (unpaired) electrons. The zero-order chi connectivity index (χ0) is 15.6. The molecule has 0 bridgehead atoms. The molecule has 0 aliphatic heterocycles. The Kier molecular flexibility index (Phi) is 5.05. The van der Waals surface area contributed by atoms with Crippen molar-refractivity contribution < 1.29 is 19.1 Å². The molecule has 1 aliphatic carbocycles. The van der Waals surface area contributed by atoms with Crippen LogP contribution in [0.1, 0.15) is 53.9 Å². The van der Waals surface area contributed by atoms with E-state index in [9.17, 15) is 9.59 Å². The summed E-state index contributed by atoms with van der Waals surface area (Å²) in [6.45, 7) is 9.52. The van der Waals surface area contributed by atoms with Crippen molar-refractivity contribution in [2.24, 2.45) is 11.3 Å². The minimum absolute atomic E-state index is 0.0358. The van der Waals surface area contributed by atoms with Gasteiger partial charge in [0, 0.05) is 6.04 Å². The average molecular weight is 285 g/mol. The van der Waals surface area contributed by atoms with Gasteiger partial charge in [0.05, 0.1) is 12.5 Å². The molecule has 1 N–H and O–H groups in total. The maximum absolute atomic E-state index is 12.1. The van der Waals surface area contributed by atoms with Crippen molar-refractivity contribution >= 4 is 12.1 Å². The van der Waals surface area contributed by atoms with Gasteiger partial charge in [-0.3, -0.25) is 4.79 Å². The number of amides is 1. The van der Waals surface area contributed by atoms with Crippen LogP contribution in [-0.2, 0) is 14.3 Å². The van der Waals surface area contributed by atoms with E-state index in [0.29, 0.717) is 6.42 Å². The van der Waals surface area contributed by atoms with Gasteiger partial charge in [-0.25, -0.2) is 4.79 Å². The molecule has 1 saturated carbocycles. The van der Waals surface area contributed by atoms with E-state index in [-0.39, 0.29) is 17.9 Å². The Bertz CT molecular complexity index is 373. The molecule has 1 fully saturated rings. The first kappa shape index (κ1) is 16.8. The number of carbonyl (C=O) groups excluding carboxylic acids is 2. The van der Waals surface area contributed by atoms with Gasteiger partial charge in [0.25, 0.3) is 0 Å². The highest BCUT2D eigenvalue weighted by molar-refractivity contribution is 5.78. The van der Waals surface area contributed by atoms with E-state index in [1.165, 1.54) is 7.11 Å². The monoisotopic (exact) mass is 285 g/mol. The molecule has 5 heteroatoms. The molecule has 116 valence electrons. The Hall–Kier alpha value is -1.26. The Morgan fingerprint density at radius 2 is 1.90 bits per heavy atom. The van der Waals surface area contributed by atoms with Gasteiger partial charge in [-0.2, -0.15) is 0 Å². The van der Waals surface area contributed by atoms with E-state index in [2.05, 4.69) is 5.32 Å². The first-order chi connectivity index (χ1) is 9.10. The molecule has 20 heavy (non-hydrogen) atoms. The van der Waals surface area contributed by atoms with E-state index in [0.717, 1.165) is 12.8 Å². The summed E-state index contributed by atoms with van der Waals surface area (Å²) in [5, 5.41) is 2.86. The molecule has 1 rings (SSSR count). The maximum Gasteiger partial charge on any atom is 0.407 e. The SMILES string of the molecule is COC(=O)[C@@]1(C(C)C)CCC(NC(=O)OC(C)(C)C)C1. The number of hydrogen-bond acceptors (Lipinski definition) is 4. The van der Waals surface area contributed by atoms with Gasteiger partial charge in [0.1, 0.15) is 5.60 Å². The van der Waals surface area contributed by atoms with Crippen molar-refractivity contribution in [1.29, 1.82) is 0 Å². The van der Waals surface area contributed by atoms with Crippen LogP contribution in [0.2, 0.25) is 0 Å². The fourth-order valence-electron chi connectivity index (χ4n) is 2.82. The van der Waals surface area contributed by atoms with Crippen molar-refractivity contribution in [2.45, 2.75) is 65.5 Å². The second-order valence-corrected chi connectivity index (χ2v) is 6.89. The highest BCUT2D eigenvalue weighted by Gasteiger charge is 2.49. The molecular formula is C15H27NO4. The van der Waals surface area contributed by atoms with Crippen molar-refractivity contribution in [3.05, 3.63) is 0 Å². The van der Waals surface area contributed by atoms with Crippen LogP contribution in [0.4, 0.5) is 4.79 Å². The quantitative estimate of drug-likeness (QED) is 0.810. The van der Waals surface area contributed by atoms with Crippen LogP contribution >= 0.6 is 0 Å². The molecule has 5 nitrogen and oxygen atoms in total. The summed E-state index contributed by atoms with van der Waals surface area (Å²) in [5.41, 5.74) is -1.01. The van der Waals surface area contributed by atoms with Gasteiger partial charge in [-0.05, 0) is 46.0 Å². The van der Waals surface area contributed by atoms with E-state index in [1.807, 2.05) is 34.6 Å². The highest BCUT2D eigenvalue weighted by Crippen LogP contribution is 2.45. The van der Waals surface area contributed by atoms with E-state index in [4.69, 9.17) is 9.47 Å². The van der Waals surface area contributed by atoms with Gasteiger partial charge >= 0.3 is 12.1 Å². The molecule has 0 saturated heterocycles. The van der Waals surface area contributed by atoms with Crippen molar-refractivity contribution in [3.8, 4) is 0 Å². The molecule has 1 unspecified atom stereocenters. The van der Waals surface area contributed by atoms with Crippen LogP contribution in [0.15, 0.2) is 0 Å². The standard InChI is InChI=1S/C15H27NO4/c1-10(2)15(12(17)19-6)8-7-11(9-15)16-13(18)20-14(3,4)5/h10-11H,7-9H2,1-6H3,(H,16,18)/t11?,15-/m0/s1. The van der Waals surface area contributed by atoms with E-state index >= 15 is 0 Å². The van der Waals surface area contributed by atoms with Crippen LogP contribution in [0.25, 0.3) is 0 Å². The Morgan fingerprint density at radius 1 is 1.30 bits per heavy atom. The third-order valence-electron chi connectivity index (χ3n) is 3.97. The van der Waals surface area contributed by atoms with Gasteiger partial charge in [0.2, 0.25) is 0 Å². The molecule has 2 atom stereocenters. The number of nitrogens with one attached hydrogen (secondary N) is 1. The molecule has 0 aromatic rings. The minimum Gasteiger partial charge on any atom is -0.469 e. The molecule has 0 aromatic heterocycles. The van der Waals surface area contributed by atoms with Crippen molar-refractivity contribution in [3.63, 3.8) is 0 Å². The minimum atomic E-state index is -0.514. The Balaban J connectivity index is 2.66. The predicted octanol–water partition coefficient (Wildman–Crippen LogP) is 2.88. The lowest BCUT2D eigenvalue weighted by molar-refractivity contribution is -0.155. The van der Waals surface area contributed by atoms with Gasteiger partial charge in [-0.1, -0.05) is 13.8 Å². The van der Waals surface area contributed by atoms with Gasteiger partial charge in [-0.15, -0.1) is 0 Å². The fourth-order valence-corrected chi connectivity index (χ4v) is 2.82. The molecule has 1 aliphatic rings. The first-order valence-corrected chi connectivity index (χ1v) is 7.18. The fraction of sp³-hybridized carbons (Fsp3) is 0.867. The number of carbonyl (C=O) groups is 2. The summed E-state index contributed by atoms with van der Waals surface area (Å²) >= 11 is 0. The summed E-state index contributed by atoms with van der Waals surface area (Å²) in [5.74, 6) is 0.00127. The molecule has 0 aromatic carbocycles. The average Bonchev–Trinajstić information content (AvgIpc) is 2.70. The molecular weight excluding hydrogens is 258 g/mol. The van der Waals surface area contributed by atoms with Crippen molar-refractivity contribution in [2.75, 3.05) is 7.11 Å². The second kappa shape index (κ2) is 6.02. The number of methoxy groups -OCH3 is 1. The number of hydrogen-bond donors (Lipinski definition) is 1. The van der Waals surface area contributed by atoms with Crippen LogP contribution in [0.3, 0.4) is 0 Å². The lowest BCUT2D eigenvalue weighted by Gasteiger charge is -2.30. The van der Waals surface area contributed by atoms with Gasteiger partial charge in [0.15, 0.2) is 0 Å². The summed E-state index contributed by atoms with van der Waals surface area (Å²) in [7, 11) is 1.42. The third kappa shape index (κ3) is 3.87. The number of rotatable bonds is 3. The number of ether oxygens (including phenoxy) is 2. The summed E-state index contributed by atoms with van der Waals surface area (Å²) in [6, 6.07) is -0.0358. The Morgan fingerprint density at radius 3 is 2.35 bits per heavy atom. The van der Waals surface area contributed by atoms with Crippen LogP contribution in [0, 0.1) is 11.3 Å². The van der Waals surface area contributed by atoms with Crippen LogP contribution in [0.5, 0.6) is 0 Å².